The minimum atomic E-state index is 0.0358. The Morgan fingerprint density at radius 2 is 1.88 bits per heavy atom. The van der Waals surface area contributed by atoms with Gasteiger partial charge in [-0.25, -0.2) is 4.99 Å². The first kappa shape index (κ1) is 22.7. The molecule has 168 valence electrons. The highest BCUT2D eigenvalue weighted by molar-refractivity contribution is 8.18. The largest absolute Gasteiger partial charge is 0.366 e. The average molecular weight is 448 g/mol. The monoisotopic (exact) mass is 447 g/mol. The minimum absolute atomic E-state index is 0.0358. The third-order valence-corrected chi connectivity index (χ3v) is 7.57. The number of hydrogen-bond donors (Lipinski definition) is 0. The molecule has 0 spiro atoms. The number of rotatable bonds is 4. The van der Waals surface area contributed by atoms with E-state index in [-0.39, 0.29) is 11.4 Å². The fourth-order valence-electron chi connectivity index (χ4n) is 5.03. The number of likely N-dealkylation sites (N-methyl/N-ethyl adjacent to an activating group) is 1. The second-order valence-corrected chi connectivity index (χ2v) is 10.3. The highest BCUT2D eigenvalue weighted by atomic mass is 32.2. The molecule has 1 atom stereocenters. The van der Waals surface area contributed by atoms with E-state index < -0.39 is 0 Å². The van der Waals surface area contributed by atoms with Crippen LogP contribution in [0.5, 0.6) is 0 Å². The van der Waals surface area contributed by atoms with Crippen LogP contribution in [0.15, 0.2) is 52.4 Å². The zero-order valence-corrected chi connectivity index (χ0v) is 20.8. The van der Waals surface area contributed by atoms with Crippen LogP contribution in [-0.2, 0) is 4.79 Å². The Labute approximate surface area is 196 Å². The molecule has 5 heteroatoms. The summed E-state index contributed by atoms with van der Waals surface area (Å²) >= 11 is 1.47. The van der Waals surface area contributed by atoms with Crippen LogP contribution in [0.3, 0.4) is 0 Å². The van der Waals surface area contributed by atoms with E-state index in [1.165, 1.54) is 28.6 Å². The van der Waals surface area contributed by atoms with Gasteiger partial charge in [0.15, 0.2) is 5.17 Å². The topological polar surface area (TPSA) is 35.9 Å². The quantitative estimate of drug-likeness (QED) is 0.487. The molecule has 0 aliphatic carbocycles. The van der Waals surface area contributed by atoms with E-state index in [0.29, 0.717) is 12.5 Å². The molecule has 0 saturated carbocycles. The Morgan fingerprint density at radius 3 is 2.53 bits per heavy atom. The predicted octanol–water partition coefficient (Wildman–Crippen LogP) is 6.73. The summed E-state index contributed by atoms with van der Waals surface area (Å²) in [5.41, 5.74) is 6.05. The van der Waals surface area contributed by atoms with Crippen molar-refractivity contribution in [3.63, 3.8) is 0 Å². The van der Waals surface area contributed by atoms with Crippen LogP contribution < -0.4 is 4.90 Å². The van der Waals surface area contributed by atoms with E-state index in [4.69, 9.17) is 4.99 Å². The van der Waals surface area contributed by atoms with Crippen LogP contribution in [0.1, 0.15) is 63.6 Å². The second-order valence-electron chi connectivity index (χ2n) is 9.32. The predicted molar refractivity (Wildman–Crippen MR) is 138 cm³/mol. The van der Waals surface area contributed by atoms with Gasteiger partial charge in [0.1, 0.15) is 0 Å². The third kappa shape index (κ3) is 4.11. The second kappa shape index (κ2) is 8.78. The number of hydrogen-bond acceptors (Lipinski definition) is 4. The van der Waals surface area contributed by atoms with Crippen LogP contribution in [0.2, 0.25) is 0 Å². The van der Waals surface area contributed by atoms with Gasteiger partial charge >= 0.3 is 0 Å². The molecular weight excluding hydrogens is 414 g/mol. The average Bonchev–Trinajstić information content (AvgIpc) is 3.03. The van der Waals surface area contributed by atoms with Crippen molar-refractivity contribution < 1.29 is 4.79 Å². The van der Waals surface area contributed by atoms with Gasteiger partial charge in [-0.15, -0.1) is 0 Å². The number of carbonyl (C=O) groups excluding carboxylic acids is 1. The van der Waals surface area contributed by atoms with Gasteiger partial charge in [0.25, 0.3) is 5.91 Å². The summed E-state index contributed by atoms with van der Waals surface area (Å²) in [5, 5.41) is 0.748. The zero-order chi connectivity index (χ0) is 23.0. The van der Waals surface area contributed by atoms with Gasteiger partial charge < -0.3 is 4.90 Å². The fraction of sp³-hybridized carbons (Fsp3) is 0.407. The first-order chi connectivity index (χ1) is 15.2. The molecule has 2 aromatic carbocycles. The van der Waals surface area contributed by atoms with Crippen LogP contribution >= 0.6 is 11.8 Å². The first-order valence-electron chi connectivity index (χ1n) is 11.5. The minimum Gasteiger partial charge on any atom is -0.366 e. The molecule has 0 N–H and O–H groups in total. The van der Waals surface area contributed by atoms with Crippen molar-refractivity contribution in [2.24, 2.45) is 4.99 Å². The molecule has 1 amide bonds. The van der Waals surface area contributed by atoms with Gasteiger partial charge in [0.05, 0.1) is 10.6 Å². The molecule has 1 saturated heterocycles. The summed E-state index contributed by atoms with van der Waals surface area (Å²) < 4.78 is 0. The molecule has 2 aliphatic heterocycles. The molecular formula is C27H33N3OS. The van der Waals surface area contributed by atoms with Crippen LogP contribution in [0.4, 0.5) is 11.4 Å². The van der Waals surface area contributed by atoms with E-state index in [2.05, 4.69) is 57.7 Å². The number of para-hydroxylation sites is 1. The summed E-state index contributed by atoms with van der Waals surface area (Å²) in [7, 11) is 0. The molecule has 2 aromatic rings. The number of carbonyl (C=O) groups is 1. The SMILES string of the molecule is CCN1C(=O)/C(=C/c2cc3c(cc2C)N(CC)C(C)(C)C[C@H]3C)SC1=Nc1ccccc1. The van der Waals surface area contributed by atoms with E-state index in [9.17, 15) is 4.79 Å². The molecule has 0 radical (unpaired) electrons. The lowest BCUT2D eigenvalue weighted by Gasteiger charge is -2.47. The molecule has 0 unspecified atom stereocenters. The number of anilines is 1. The summed E-state index contributed by atoms with van der Waals surface area (Å²) in [5.74, 6) is 0.517. The van der Waals surface area contributed by atoms with Gasteiger partial charge in [-0.3, -0.25) is 9.69 Å². The summed E-state index contributed by atoms with van der Waals surface area (Å²) in [6.07, 6.45) is 3.18. The van der Waals surface area contributed by atoms with Crippen molar-refractivity contribution in [1.29, 1.82) is 0 Å². The molecule has 32 heavy (non-hydrogen) atoms. The van der Waals surface area contributed by atoms with Crippen molar-refractivity contribution in [3.8, 4) is 0 Å². The van der Waals surface area contributed by atoms with Crippen molar-refractivity contribution in [1.82, 2.24) is 4.90 Å². The van der Waals surface area contributed by atoms with Crippen molar-refractivity contribution in [2.45, 2.75) is 59.4 Å². The Balaban J connectivity index is 1.72. The Morgan fingerprint density at radius 1 is 1.16 bits per heavy atom. The summed E-state index contributed by atoms with van der Waals surface area (Å²) in [6.45, 7) is 15.0. The molecule has 4 nitrogen and oxygen atoms in total. The highest BCUT2D eigenvalue weighted by Gasteiger charge is 2.36. The smallest absolute Gasteiger partial charge is 0.266 e. The summed E-state index contributed by atoms with van der Waals surface area (Å²) in [4.78, 5) is 22.9. The fourth-order valence-corrected chi connectivity index (χ4v) is 6.08. The lowest BCUT2D eigenvalue weighted by atomic mass is 9.79. The number of thioether (sulfide) groups is 1. The van der Waals surface area contributed by atoms with Crippen molar-refractivity contribution in [2.75, 3.05) is 18.0 Å². The van der Waals surface area contributed by atoms with Crippen molar-refractivity contribution in [3.05, 3.63) is 64.1 Å². The lowest BCUT2D eigenvalue weighted by Crippen LogP contribution is -2.48. The Bertz CT molecular complexity index is 1090. The molecule has 2 aliphatic rings. The Kier molecular flexibility index (Phi) is 6.22. The van der Waals surface area contributed by atoms with Gasteiger partial charge in [-0.05, 0) is 106 Å². The lowest BCUT2D eigenvalue weighted by molar-refractivity contribution is -0.122. The van der Waals surface area contributed by atoms with Gasteiger partial charge in [-0.2, -0.15) is 0 Å². The maximum atomic E-state index is 13.1. The van der Waals surface area contributed by atoms with Crippen molar-refractivity contribution >= 4 is 40.3 Å². The number of amidine groups is 1. The maximum Gasteiger partial charge on any atom is 0.266 e. The Hall–Kier alpha value is -2.53. The molecule has 4 rings (SSSR count). The van der Waals surface area contributed by atoms with Crippen LogP contribution in [0.25, 0.3) is 6.08 Å². The first-order valence-corrected chi connectivity index (χ1v) is 12.3. The normalized spacial score (nSPS) is 22.7. The number of aryl methyl sites for hydroxylation is 1. The molecule has 2 heterocycles. The van der Waals surface area contributed by atoms with Gasteiger partial charge in [0.2, 0.25) is 0 Å². The van der Waals surface area contributed by atoms with Gasteiger partial charge in [-0.1, -0.05) is 25.1 Å². The van der Waals surface area contributed by atoms with Gasteiger partial charge in [0, 0.05) is 24.3 Å². The van der Waals surface area contributed by atoms with E-state index in [1.54, 1.807) is 4.90 Å². The number of aliphatic imine (C=N–C) groups is 1. The number of amides is 1. The number of benzene rings is 2. The summed E-state index contributed by atoms with van der Waals surface area (Å²) in [6, 6.07) is 14.4. The maximum absolute atomic E-state index is 13.1. The van der Waals surface area contributed by atoms with Crippen LogP contribution in [-0.4, -0.2) is 34.6 Å². The van der Waals surface area contributed by atoms with E-state index >= 15 is 0 Å². The van der Waals surface area contributed by atoms with E-state index in [0.717, 1.165) is 34.3 Å². The zero-order valence-electron chi connectivity index (χ0n) is 20.0. The highest BCUT2D eigenvalue weighted by Crippen LogP contribution is 2.45. The standard InChI is InChI=1S/C27H33N3OS/c1-7-29-25(31)24(32-26(29)28-21-12-10-9-11-13-21)16-20-15-22-19(4)17-27(5,6)30(8-2)23(22)14-18(20)3/h9-16,19H,7-8,17H2,1-6H3/b24-16-,28-26?/t19-/m1/s1. The molecule has 0 bridgehead atoms. The van der Waals surface area contributed by atoms with Crippen LogP contribution in [0, 0.1) is 6.92 Å². The number of fused-ring (bicyclic) bond motifs is 1. The third-order valence-electron chi connectivity index (χ3n) is 6.56. The molecule has 0 aromatic heterocycles. The van der Waals surface area contributed by atoms with E-state index in [1.807, 2.05) is 37.3 Å². The number of nitrogens with zero attached hydrogens (tertiary/aromatic N) is 3. The molecule has 1 fully saturated rings.